The van der Waals surface area contributed by atoms with E-state index in [-0.39, 0.29) is 6.01 Å². The van der Waals surface area contributed by atoms with Crippen molar-refractivity contribution in [1.82, 2.24) is 20.1 Å². The van der Waals surface area contributed by atoms with Gasteiger partial charge >= 0.3 is 6.01 Å². The van der Waals surface area contributed by atoms with Crippen molar-refractivity contribution in [3.8, 4) is 6.01 Å². The quantitative estimate of drug-likeness (QED) is 0.880. The summed E-state index contributed by atoms with van der Waals surface area (Å²) in [6.07, 6.45) is 2.09. The molecular formula is C10H12ClN5O2. The highest BCUT2D eigenvalue weighted by Gasteiger charge is 2.06. The van der Waals surface area contributed by atoms with E-state index in [4.69, 9.17) is 20.9 Å². The number of anilines is 1. The van der Waals surface area contributed by atoms with Gasteiger partial charge in [-0.05, 0) is 0 Å². The molecule has 0 aliphatic rings. The van der Waals surface area contributed by atoms with Crippen LogP contribution in [0.3, 0.4) is 0 Å². The van der Waals surface area contributed by atoms with Crippen LogP contribution in [0.15, 0.2) is 10.7 Å². The van der Waals surface area contributed by atoms with Crippen LogP contribution in [-0.4, -0.2) is 33.8 Å². The van der Waals surface area contributed by atoms with Crippen LogP contribution in [0.5, 0.6) is 6.01 Å². The zero-order chi connectivity index (χ0) is 13.0. The van der Waals surface area contributed by atoms with Gasteiger partial charge < -0.3 is 14.6 Å². The number of rotatable bonds is 5. The lowest BCUT2D eigenvalue weighted by Gasteiger charge is -2.06. The van der Waals surface area contributed by atoms with Gasteiger partial charge in [-0.1, -0.05) is 16.8 Å². The Bertz CT molecular complexity index is 531. The SMILES string of the molecule is COc1ncc(Cl)c(NCCc2noc(C)n2)n1. The van der Waals surface area contributed by atoms with Crippen molar-refractivity contribution in [3.05, 3.63) is 22.9 Å². The van der Waals surface area contributed by atoms with Crippen molar-refractivity contribution in [2.45, 2.75) is 13.3 Å². The van der Waals surface area contributed by atoms with Crippen LogP contribution < -0.4 is 10.1 Å². The topological polar surface area (TPSA) is 86.0 Å². The number of halogens is 1. The third-order valence-electron chi connectivity index (χ3n) is 2.12. The minimum absolute atomic E-state index is 0.261. The van der Waals surface area contributed by atoms with Crippen LogP contribution >= 0.6 is 11.6 Å². The van der Waals surface area contributed by atoms with Gasteiger partial charge in [0.15, 0.2) is 11.6 Å². The zero-order valence-electron chi connectivity index (χ0n) is 9.97. The Kier molecular flexibility index (Phi) is 3.93. The van der Waals surface area contributed by atoms with Gasteiger partial charge in [-0.25, -0.2) is 4.98 Å². The molecule has 0 aromatic carbocycles. The fourth-order valence-electron chi connectivity index (χ4n) is 1.31. The van der Waals surface area contributed by atoms with Crippen LogP contribution in [0.1, 0.15) is 11.7 Å². The molecule has 0 bridgehead atoms. The minimum atomic E-state index is 0.261. The average molecular weight is 270 g/mol. The van der Waals surface area contributed by atoms with E-state index in [2.05, 4.69) is 25.4 Å². The second-order valence-corrected chi connectivity index (χ2v) is 3.87. The zero-order valence-corrected chi connectivity index (χ0v) is 10.7. The number of hydrogen-bond donors (Lipinski definition) is 1. The number of methoxy groups -OCH3 is 1. The summed E-state index contributed by atoms with van der Waals surface area (Å²) in [6, 6.07) is 0.261. The van der Waals surface area contributed by atoms with Crippen molar-refractivity contribution in [2.24, 2.45) is 0 Å². The van der Waals surface area contributed by atoms with E-state index in [1.807, 2.05) is 0 Å². The summed E-state index contributed by atoms with van der Waals surface area (Å²) in [5, 5.41) is 7.28. The van der Waals surface area contributed by atoms with E-state index in [0.717, 1.165) is 0 Å². The van der Waals surface area contributed by atoms with Crippen molar-refractivity contribution in [2.75, 3.05) is 19.0 Å². The van der Waals surface area contributed by atoms with Crippen LogP contribution in [-0.2, 0) is 6.42 Å². The van der Waals surface area contributed by atoms with Crippen molar-refractivity contribution in [3.63, 3.8) is 0 Å². The van der Waals surface area contributed by atoms with Gasteiger partial charge in [0.05, 0.1) is 13.3 Å². The predicted molar refractivity (Wildman–Crippen MR) is 64.8 cm³/mol. The number of hydrogen-bond acceptors (Lipinski definition) is 7. The summed E-state index contributed by atoms with van der Waals surface area (Å²) < 4.78 is 9.78. The van der Waals surface area contributed by atoms with Gasteiger partial charge in [0, 0.05) is 19.9 Å². The first-order valence-corrected chi connectivity index (χ1v) is 5.66. The highest BCUT2D eigenvalue weighted by atomic mass is 35.5. The number of aromatic nitrogens is 4. The molecule has 0 radical (unpaired) electrons. The maximum absolute atomic E-state index is 5.95. The molecule has 0 amide bonds. The molecule has 96 valence electrons. The van der Waals surface area contributed by atoms with Gasteiger partial charge in [-0.2, -0.15) is 9.97 Å². The third-order valence-corrected chi connectivity index (χ3v) is 2.39. The Labute approximate surface area is 109 Å². The summed E-state index contributed by atoms with van der Waals surface area (Å²) in [5.74, 6) is 1.70. The second-order valence-electron chi connectivity index (χ2n) is 3.46. The van der Waals surface area contributed by atoms with Crippen LogP contribution in [0, 0.1) is 6.92 Å². The normalized spacial score (nSPS) is 10.4. The van der Waals surface area contributed by atoms with Crippen LogP contribution in [0.4, 0.5) is 5.82 Å². The molecule has 0 fully saturated rings. The lowest BCUT2D eigenvalue weighted by atomic mass is 10.4. The second kappa shape index (κ2) is 5.63. The van der Waals surface area contributed by atoms with Crippen molar-refractivity contribution in [1.29, 1.82) is 0 Å². The largest absolute Gasteiger partial charge is 0.467 e. The van der Waals surface area contributed by atoms with E-state index >= 15 is 0 Å². The number of nitrogens with one attached hydrogen (secondary N) is 1. The monoisotopic (exact) mass is 269 g/mol. The third kappa shape index (κ3) is 3.07. The maximum atomic E-state index is 5.95. The minimum Gasteiger partial charge on any atom is -0.467 e. The summed E-state index contributed by atoms with van der Waals surface area (Å²) in [5.41, 5.74) is 0. The average Bonchev–Trinajstić information content (AvgIpc) is 2.77. The van der Waals surface area contributed by atoms with Crippen LogP contribution in [0.2, 0.25) is 5.02 Å². The highest BCUT2D eigenvalue weighted by Crippen LogP contribution is 2.19. The molecular weight excluding hydrogens is 258 g/mol. The number of ether oxygens (including phenoxy) is 1. The van der Waals surface area contributed by atoms with Gasteiger partial charge in [-0.15, -0.1) is 0 Å². The van der Waals surface area contributed by atoms with Crippen LogP contribution in [0.25, 0.3) is 0 Å². The predicted octanol–water partition coefficient (Wildman–Crippen LogP) is 1.48. The maximum Gasteiger partial charge on any atom is 0.318 e. The smallest absolute Gasteiger partial charge is 0.318 e. The molecule has 2 rings (SSSR count). The summed E-state index contributed by atoms with van der Waals surface area (Å²) in [7, 11) is 1.50. The van der Waals surface area contributed by atoms with Crippen molar-refractivity contribution < 1.29 is 9.26 Å². The molecule has 2 aromatic heterocycles. The molecule has 0 aliphatic carbocycles. The first kappa shape index (κ1) is 12.6. The highest BCUT2D eigenvalue weighted by molar-refractivity contribution is 6.32. The molecule has 8 heteroatoms. The molecule has 0 unspecified atom stereocenters. The van der Waals surface area contributed by atoms with Crippen molar-refractivity contribution >= 4 is 17.4 Å². The van der Waals surface area contributed by atoms with E-state index in [1.165, 1.54) is 13.3 Å². The fourth-order valence-corrected chi connectivity index (χ4v) is 1.47. The Hall–Kier alpha value is -1.89. The van der Waals surface area contributed by atoms with Gasteiger partial charge in [0.25, 0.3) is 0 Å². The first-order valence-electron chi connectivity index (χ1n) is 5.28. The van der Waals surface area contributed by atoms with Gasteiger partial charge in [0.2, 0.25) is 5.89 Å². The number of aryl methyl sites for hydroxylation is 1. The standard InChI is InChI=1S/C10H12ClN5O2/c1-6-14-8(16-18-6)3-4-12-9-7(11)5-13-10(15-9)17-2/h5H,3-4H2,1-2H3,(H,12,13,15). The summed E-state index contributed by atoms with van der Waals surface area (Å²) in [4.78, 5) is 12.1. The van der Waals surface area contributed by atoms with Gasteiger partial charge in [0.1, 0.15) is 5.02 Å². The Morgan fingerprint density at radius 1 is 1.44 bits per heavy atom. The van der Waals surface area contributed by atoms with E-state index in [0.29, 0.717) is 35.5 Å². The van der Waals surface area contributed by atoms with E-state index < -0.39 is 0 Å². The molecule has 0 saturated carbocycles. The fraction of sp³-hybridized carbons (Fsp3) is 0.400. The molecule has 0 atom stereocenters. The molecule has 0 spiro atoms. The molecule has 7 nitrogen and oxygen atoms in total. The summed E-state index contributed by atoms with van der Waals surface area (Å²) in [6.45, 7) is 2.33. The lowest BCUT2D eigenvalue weighted by Crippen LogP contribution is -2.08. The molecule has 2 heterocycles. The van der Waals surface area contributed by atoms with E-state index in [1.54, 1.807) is 6.92 Å². The first-order chi connectivity index (χ1) is 8.69. The molecule has 2 aromatic rings. The molecule has 0 saturated heterocycles. The molecule has 1 N–H and O–H groups in total. The Balaban J connectivity index is 1.93. The number of nitrogens with zero attached hydrogens (tertiary/aromatic N) is 4. The van der Waals surface area contributed by atoms with Gasteiger partial charge in [-0.3, -0.25) is 0 Å². The molecule has 0 aliphatic heterocycles. The summed E-state index contributed by atoms with van der Waals surface area (Å²) >= 11 is 5.95. The lowest BCUT2D eigenvalue weighted by molar-refractivity contribution is 0.380. The molecule has 18 heavy (non-hydrogen) atoms. The Morgan fingerprint density at radius 2 is 2.28 bits per heavy atom. The Morgan fingerprint density at radius 3 is 2.94 bits per heavy atom. The van der Waals surface area contributed by atoms with E-state index in [9.17, 15) is 0 Å².